The maximum atomic E-state index is 11.9. The van der Waals surface area contributed by atoms with Gasteiger partial charge in [-0.15, -0.1) is 0 Å². The lowest BCUT2D eigenvalue weighted by Gasteiger charge is -2.32. The second-order valence-electron chi connectivity index (χ2n) is 5.59. The molecule has 19 heavy (non-hydrogen) atoms. The highest BCUT2D eigenvalue weighted by Crippen LogP contribution is 2.27. The summed E-state index contributed by atoms with van der Waals surface area (Å²) >= 11 is 0. The van der Waals surface area contributed by atoms with Gasteiger partial charge in [0.05, 0.1) is 12.6 Å². The normalized spacial score (nSPS) is 19.9. The van der Waals surface area contributed by atoms with Gasteiger partial charge in [0, 0.05) is 19.7 Å². The summed E-state index contributed by atoms with van der Waals surface area (Å²) in [6.07, 6.45) is 7.78. The van der Waals surface area contributed by atoms with Gasteiger partial charge in [-0.1, -0.05) is 26.2 Å². The van der Waals surface area contributed by atoms with Crippen molar-refractivity contribution in [1.29, 1.82) is 0 Å². The Kier molecular flexibility index (Phi) is 8.07. The van der Waals surface area contributed by atoms with Gasteiger partial charge in [-0.2, -0.15) is 0 Å². The van der Waals surface area contributed by atoms with Crippen LogP contribution in [0.1, 0.15) is 52.4 Å². The first-order valence-corrected chi connectivity index (χ1v) is 7.71. The number of hydrogen-bond acceptors (Lipinski definition) is 3. The van der Waals surface area contributed by atoms with Crippen LogP contribution >= 0.6 is 0 Å². The molecule has 0 aromatic rings. The fraction of sp³-hybridized carbons (Fsp3) is 0.933. The van der Waals surface area contributed by atoms with E-state index < -0.39 is 0 Å². The van der Waals surface area contributed by atoms with Crippen LogP contribution in [-0.4, -0.2) is 38.3 Å². The lowest BCUT2D eigenvalue weighted by atomic mass is 9.82. The van der Waals surface area contributed by atoms with E-state index in [0.717, 1.165) is 12.3 Å². The van der Waals surface area contributed by atoms with Crippen molar-refractivity contribution >= 4 is 5.91 Å². The number of carbonyl (C=O) groups excluding carboxylic acids is 1. The Balaban J connectivity index is 2.34. The second kappa shape index (κ2) is 9.32. The van der Waals surface area contributed by atoms with E-state index in [4.69, 9.17) is 4.74 Å². The van der Waals surface area contributed by atoms with Crippen LogP contribution in [0.2, 0.25) is 0 Å². The van der Waals surface area contributed by atoms with Crippen LogP contribution in [0, 0.1) is 5.92 Å². The molecular weight excluding hydrogens is 240 g/mol. The molecule has 2 atom stereocenters. The van der Waals surface area contributed by atoms with E-state index in [1.807, 2.05) is 6.92 Å². The van der Waals surface area contributed by atoms with Crippen molar-refractivity contribution in [1.82, 2.24) is 10.6 Å². The molecule has 1 aliphatic rings. The smallest absolute Gasteiger partial charge is 0.236 e. The molecule has 1 amide bonds. The van der Waals surface area contributed by atoms with Gasteiger partial charge in [0.25, 0.3) is 0 Å². The molecule has 2 unspecified atom stereocenters. The molecule has 0 radical (unpaired) electrons. The Morgan fingerprint density at radius 2 is 2.00 bits per heavy atom. The number of amides is 1. The first-order chi connectivity index (χ1) is 9.19. The molecule has 1 aliphatic carbocycles. The molecule has 4 heteroatoms. The van der Waals surface area contributed by atoms with E-state index in [1.54, 1.807) is 7.11 Å². The first kappa shape index (κ1) is 16.4. The summed E-state index contributed by atoms with van der Waals surface area (Å²) in [5.41, 5.74) is 0. The minimum atomic E-state index is -0.122. The summed E-state index contributed by atoms with van der Waals surface area (Å²) in [7, 11) is 1.64. The third kappa shape index (κ3) is 5.91. The van der Waals surface area contributed by atoms with Gasteiger partial charge < -0.3 is 15.4 Å². The predicted octanol–water partition coefficient (Wildman–Crippen LogP) is 2.09. The molecule has 4 nitrogen and oxygen atoms in total. The molecule has 0 aromatic carbocycles. The Morgan fingerprint density at radius 1 is 1.32 bits per heavy atom. The van der Waals surface area contributed by atoms with Crippen LogP contribution in [0.5, 0.6) is 0 Å². The van der Waals surface area contributed by atoms with E-state index in [1.165, 1.54) is 32.1 Å². The van der Waals surface area contributed by atoms with Crippen molar-refractivity contribution in [3.05, 3.63) is 0 Å². The molecule has 0 aliphatic heterocycles. The van der Waals surface area contributed by atoms with Crippen LogP contribution in [0.25, 0.3) is 0 Å². The summed E-state index contributed by atoms with van der Waals surface area (Å²) in [4.78, 5) is 11.9. The number of ether oxygens (including phenoxy) is 1. The van der Waals surface area contributed by atoms with Gasteiger partial charge in [-0.3, -0.25) is 4.79 Å². The topological polar surface area (TPSA) is 50.4 Å². The summed E-state index contributed by atoms with van der Waals surface area (Å²) in [5.74, 6) is 0.819. The van der Waals surface area contributed by atoms with Gasteiger partial charge in [0.2, 0.25) is 5.91 Å². The summed E-state index contributed by atoms with van der Waals surface area (Å²) in [5, 5.41) is 6.40. The second-order valence-corrected chi connectivity index (χ2v) is 5.59. The van der Waals surface area contributed by atoms with Crippen LogP contribution in [0.4, 0.5) is 0 Å². The zero-order chi connectivity index (χ0) is 14.1. The van der Waals surface area contributed by atoms with E-state index in [9.17, 15) is 4.79 Å². The van der Waals surface area contributed by atoms with Crippen molar-refractivity contribution in [2.24, 2.45) is 5.92 Å². The van der Waals surface area contributed by atoms with E-state index >= 15 is 0 Å². The number of methoxy groups -OCH3 is 1. The molecule has 1 rings (SSSR count). The highest BCUT2D eigenvalue weighted by molar-refractivity contribution is 5.81. The number of hydrogen-bond donors (Lipinski definition) is 2. The quantitative estimate of drug-likeness (QED) is 0.664. The molecule has 2 N–H and O–H groups in total. The molecule has 0 aromatic heterocycles. The van der Waals surface area contributed by atoms with Crippen LogP contribution in [0.15, 0.2) is 0 Å². The highest BCUT2D eigenvalue weighted by Gasteiger charge is 2.25. The Morgan fingerprint density at radius 3 is 2.58 bits per heavy atom. The van der Waals surface area contributed by atoms with Gasteiger partial charge >= 0.3 is 0 Å². The minimum absolute atomic E-state index is 0.0753. The lowest BCUT2D eigenvalue weighted by molar-refractivity contribution is -0.123. The molecule has 112 valence electrons. The van der Waals surface area contributed by atoms with Crippen molar-refractivity contribution in [3.63, 3.8) is 0 Å². The van der Waals surface area contributed by atoms with E-state index in [-0.39, 0.29) is 11.9 Å². The Hall–Kier alpha value is -0.610. The molecule has 0 spiro atoms. The molecule has 0 heterocycles. The Labute approximate surface area is 117 Å². The number of carbonyl (C=O) groups is 1. The molecule has 0 bridgehead atoms. The number of nitrogens with one attached hydrogen (secondary N) is 2. The van der Waals surface area contributed by atoms with Crippen LogP contribution in [-0.2, 0) is 9.53 Å². The van der Waals surface area contributed by atoms with Crippen molar-refractivity contribution in [2.75, 3.05) is 20.3 Å². The molecule has 1 saturated carbocycles. The van der Waals surface area contributed by atoms with E-state index in [2.05, 4.69) is 17.6 Å². The summed E-state index contributed by atoms with van der Waals surface area (Å²) < 4.78 is 4.93. The molecule has 0 saturated heterocycles. The highest BCUT2D eigenvalue weighted by atomic mass is 16.5. The zero-order valence-corrected chi connectivity index (χ0v) is 12.7. The summed E-state index contributed by atoms with van der Waals surface area (Å²) in [6.45, 7) is 5.31. The SMILES string of the molecule is CCC(NC(C)C(=O)NCCOC)C1CCCCC1. The van der Waals surface area contributed by atoms with Gasteiger partial charge in [-0.05, 0) is 32.1 Å². The largest absolute Gasteiger partial charge is 0.383 e. The maximum absolute atomic E-state index is 11.9. The fourth-order valence-electron chi connectivity index (χ4n) is 2.95. The van der Waals surface area contributed by atoms with Gasteiger partial charge in [-0.25, -0.2) is 0 Å². The lowest BCUT2D eigenvalue weighted by Crippen LogP contribution is -2.49. The van der Waals surface area contributed by atoms with Crippen LogP contribution < -0.4 is 10.6 Å². The monoisotopic (exact) mass is 270 g/mol. The predicted molar refractivity (Wildman–Crippen MR) is 78.1 cm³/mol. The third-order valence-electron chi connectivity index (χ3n) is 4.12. The molecule has 1 fully saturated rings. The standard InChI is InChI=1S/C15H30N2O2/c1-4-14(13-8-6-5-7-9-13)17-12(2)15(18)16-10-11-19-3/h12-14,17H,4-11H2,1-3H3,(H,16,18). The minimum Gasteiger partial charge on any atom is -0.383 e. The average Bonchev–Trinajstić information content (AvgIpc) is 2.45. The van der Waals surface area contributed by atoms with E-state index in [0.29, 0.717) is 19.2 Å². The molecular formula is C15H30N2O2. The first-order valence-electron chi connectivity index (χ1n) is 7.71. The van der Waals surface area contributed by atoms with Crippen molar-refractivity contribution < 1.29 is 9.53 Å². The van der Waals surface area contributed by atoms with Crippen molar-refractivity contribution in [2.45, 2.75) is 64.5 Å². The maximum Gasteiger partial charge on any atom is 0.236 e. The zero-order valence-electron chi connectivity index (χ0n) is 12.7. The Bertz CT molecular complexity index is 253. The van der Waals surface area contributed by atoms with Crippen molar-refractivity contribution in [3.8, 4) is 0 Å². The van der Waals surface area contributed by atoms with Gasteiger partial charge in [0.15, 0.2) is 0 Å². The third-order valence-corrected chi connectivity index (χ3v) is 4.12. The average molecular weight is 270 g/mol. The van der Waals surface area contributed by atoms with Crippen LogP contribution in [0.3, 0.4) is 0 Å². The van der Waals surface area contributed by atoms with Gasteiger partial charge in [0.1, 0.15) is 0 Å². The number of rotatable bonds is 8. The summed E-state index contributed by atoms with van der Waals surface area (Å²) in [6, 6.07) is 0.354. The fourth-order valence-corrected chi connectivity index (χ4v) is 2.95.